The summed E-state index contributed by atoms with van der Waals surface area (Å²) in [4.78, 5) is 29.1. The number of nitrogens with one attached hydrogen (secondary N) is 1. The van der Waals surface area contributed by atoms with Gasteiger partial charge in [-0.1, -0.05) is 30.3 Å². The fraction of sp³-hybridized carbons (Fsp3) is 0.167. The zero-order valence-electron chi connectivity index (χ0n) is 17.9. The van der Waals surface area contributed by atoms with Crippen LogP contribution in [0.4, 0.5) is 0 Å². The first-order valence-corrected chi connectivity index (χ1v) is 10.4. The first kappa shape index (κ1) is 20.7. The van der Waals surface area contributed by atoms with Crippen LogP contribution in [-0.4, -0.2) is 42.5 Å². The van der Waals surface area contributed by atoms with Gasteiger partial charge >= 0.3 is 5.97 Å². The van der Waals surface area contributed by atoms with Gasteiger partial charge in [0.25, 0.3) is 5.56 Å². The van der Waals surface area contributed by atoms with Crippen LogP contribution in [0.25, 0.3) is 28.0 Å². The number of esters is 1. The van der Waals surface area contributed by atoms with Crippen LogP contribution in [0.5, 0.6) is 0 Å². The van der Waals surface area contributed by atoms with E-state index in [0.29, 0.717) is 23.6 Å². The summed E-state index contributed by atoms with van der Waals surface area (Å²) >= 11 is 0. The Hall–Kier alpha value is -4.24. The number of aromatic amines is 1. The van der Waals surface area contributed by atoms with Crippen molar-refractivity contribution >= 4 is 17.0 Å². The number of aromatic nitrogens is 5. The highest BCUT2D eigenvalue weighted by Crippen LogP contribution is 2.25. The predicted octanol–water partition coefficient (Wildman–Crippen LogP) is 2.54. The molecule has 3 heterocycles. The molecule has 2 aromatic carbocycles. The van der Waals surface area contributed by atoms with E-state index >= 15 is 0 Å². The van der Waals surface area contributed by atoms with Crippen molar-refractivity contribution in [3.63, 3.8) is 0 Å². The lowest BCUT2D eigenvalue weighted by Gasteiger charge is -2.12. The highest BCUT2D eigenvalue weighted by Gasteiger charge is 2.22. The van der Waals surface area contributed by atoms with Gasteiger partial charge in [-0.15, -0.1) is 0 Å². The molecular formula is C24H21N5O4. The number of aliphatic hydroxyl groups excluding tert-OH is 1. The lowest BCUT2D eigenvalue weighted by Crippen LogP contribution is -2.11. The van der Waals surface area contributed by atoms with Crippen LogP contribution in [0, 0.1) is 0 Å². The van der Waals surface area contributed by atoms with E-state index in [1.807, 2.05) is 41.0 Å². The molecule has 0 radical (unpaired) electrons. The van der Waals surface area contributed by atoms with Crippen LogP contribution in [0.3, 0.4) is 0 Å². The minimum atomic E-state index is -0.588. The van der Waals surface area contributed by atoms with E-state index in [0.717, 1.165) is 11.9 Å². The average Bonchev–Trinajstić information content (AvgIpc) is 3.41. The molecule has 2 N–H and O–H groups in total. The van der Waals surface area contributed by atoms with Crippen LogP contribution in [0.2, 0.25) is 0 Å². The van der Waals surface area contributed by atoms with Gasteiger partial charge in [-0.05, 0) is 30.2 Å². The standard InChI is InChI=1S/C24H21N5O4/c1-33-24(32)18-13-28(12-17-22(18)26-27-23(17)31)16-7-8-20-19(11-16)25-21(14-30)29(20)10-9-15-5-3-2-4-6-15/h2-8,11-13,30H,9-10,14H2,1H3,(H,27,31). The monoisotopic (exact) mass is 443 g/mol. The number of rotatable bonds is 6. The van der Waals surface area contributed by atoms with E-state index in [9.17, 15) is 14.7 Å². The van der Waals surface area contributed by atoms with Crippen LogP contribution in [-0.2, 0) is 24.3 Å². The Balaban J connectivity index is 1.57. The van der Waals surface area contributed by atoms with Crippen LogP contribution in [0.1, 0.15) is 21.7 Å². The molecule has 1 aromatic heterocycles. The van der Waals surface area contributed by atoms with Gasteiger partial charge < -0.3 is 19.0 Å². The molecule has 0 fully saturated rings. The maximum Gasteiger partial charge on any atom is 0.341 e. The number of imidazole rings is 1. The highest BCUT2D eigenvalue weighted by molar-refractivity contribution is 5.96. The Bertz CT molecular complexity index is 1480. The lowest BCUT2D eigenvalue weighted by atomic mass is 10.1. The first-order valence-electron chi connectivity index (χ1n) is 10.4. The Kier molecular flexibility index (Phi) is 5.23. The number of benzene rings is 2. The molecule has 9 nitrogen and oxygen atoms in total. The Morgan fingerprint density at radius 3 is 2.73 bits per heavy atom. The molecule has 9 heteroatoms. The van der Waals surface area contributed by atoms with Gasteiger partial charge in [-0.2, -0.15) is 5.10 Å². The summed E-state index contributed by atoms with van der Waals surface area (Å²) in [6.07, 6.45) is 4.00. The molecule has 0 unspecified atom stereocenters. The zero-order chi connectivity index (χ0) is 22.9. The van der Waals surface area contributed by atoms with Gasteiger partial charge in [0, 0.05) is 24.6 Å². The maximum absolute atomic E-state index is 12.3. The summed E-state index contributed by atoms with van der Waals surface area (Å²) in [7, 11) is 1.28. The van der Waals surface area contributed by atoms with E-state index < -0.39 is 11.5 Å². The van der Waals surface area contributed by atoms with Crippen molar-refractivity contribution < 1.29 is 14.6 Å². The fourth-order valence-corrected chi connectivity index (χ4v) is 4.03. The van der Waals surface area contributed by atoms with Gasteiger partial charge in [0.05, 0.1) is 23.7 Å². The number of carbonyl (C=O) groups is 1. The third-order valence-electron chi connectivity index (χ3n) is 5.68. The molecule has 0 saturated heterocycles. The molecule has 2 aliphatic rings. The van der Waals surface area contributed by atoms with Crippen molar-refractivity contribution in [1.82, 2.24) is 24.3 Å². The van der Waals surface area contributed by atoms with Gasteiger partial charge in [-0.25, -0.2) is 14.9 Å². The maximum atomic E-state index is 12.3. The van der Waals surface area contributed by atoms with Gasteiger partial charge in [-0.3, -0.25) is 4.79 Å². The number of hydrogen-bond donors (Lipinski definition) is 2. The normalized spacial score (nSPS) is 11.3. The molecule has 33 heavy (non-hydrogen) atoms. The largest absolute Gasteiger partial charge is 0.465 e. The summed E-state index contributed by atoms with van der Waals surface area (Å²) in [6.45, 7) is 0.495. The number of pyridine rings is 1. The van der Waals surface area contributed by atoms with E-state index in [-0.39, 0.29) is 23.4 Å². The van der Waals surface area contributed by atoms with E-state index in [1.165, 1.54) is 12.7 Å². The zero-order valence-corrected chi connectivity index (χ0v) is 17.9. The molecule has 0 amide bonds. The molecule has 0 spiro atoms. The van der Waals surface area contributed by atoms with Crippen molar-refractivity contribution in [2.24, 2.45) is 0 Å². The van der Waals surface area contributed by atoms with Crippen molar-refractivity contribution in [3.8, 4) is 16.9 Å². The van der Waals surface area contributed by atoms with E-state index in [2.05, 4.69) is 27.3 Å². The molecular weight excluding hydrogens is 422 g/mol. The summed E-state index contributed by atoms with van der Waals surface area (Å²) in [6, 6.07) is 15.8. The number of ether oxygens (including phenoxy) is 1. The number of fused-ring (bicyclic) bond motifs is 2. The Morgan fingerprint density at radius 2 is 1.97 bits per heavy atom. The molecule has 0 saturated carbocycles. The number of aliphatic hydroxyl groups is 1. The smallest absolute Gasteiger partial charge is 0.341 e. The molecule has 166 valence electrons. The van der Waals surface area contributed by atoms with Crippen LogP contribution >= 0.6 is 0 Å². The molecule has 3 aromatic rings. The highest BCUT2D eigenvalue weighted by atomic mass is 16.5. The van der Waals surface area contributed by atoms with Crippen molar-refractivity contribution in [2.45, 2.75) is 19.6 Å². The van der Waals surface area contributed by atoms with Gasteiger partial charge in [0.1, 0.15) is 23.7 Å². The molecule has 0 aliphatic carbocycles. The third-order valence-corrected chi connectivity index (χ3v) is 5.68. The predicted molar refractivity (Wildman–Crippen MR) is 122 cm³/mol. The summed E-state index contributed by atoms with van der Waals surface area (Å²) < 4.78 is 8.54. The van der Waals surface area contributed by atoms with E-state index in [1.54, 1.807) is 17.0 Å². The average molecular weight is 443 g/mol. The number of methoxy groups -OCH3 is 1. The second-order valence-electron chi connectivity index (χ2n) is 7.63. The lowest BCUT2D eigenvalue weighted by molar-refractivity contribution is 0.0600. The fourth-order valence-electron chi connectivity index (χ4n) is 4.03. The first-order chi connectivity index (χ1) is 16.1. The summed E-state index contributed by atoms with van der Waals surface area (Å²) in [5.41, 5.74) is 3.82. The van der Waals surface area contributed by atoms with E-state index in [4.69, 9.17) is 4.74 Å². The number of carbonyl (C=O) groups excluding carboxylic acids is 1. The molecule has 5 rings (SSSR count). The van der Waals surface area contributed by atoms with Crippen molar-refractivity contribution in [2.75, 3.05) is 7.11 Å². The van der Waals surface area contributed by atoms with Gasteiger partial charge in [0.2, 0.25) is 0 Å². The molecule has 2 aliphatic heterocycles. The second-order valence-corrected chi connectivity index (χ2v) is 7.63. The summed E-state index contributed by atoms with van der Waals surface area (Å²) in [5.74, 6) is -0.0138. The van der Waals surface area contributed by atoms with Gasteiger partial charge in [0.15, 0.2) is 0 Å². The van der Waals surface area contributed by atoms with Crippen molar-refractivity contribution in [1.29, 1.82) is 0 Å². The number of hydrogen-bond acceptors (Lipinski definition) is 6. The minimum Gasteiger partial charge on any atom is -0.465 e. The van der Waals surface area contributed by atoms with Crippen molar-refractivity contribution in [3.05, 3.63) is 88.2 Å². The summed E-state index contributed by atoms with van der Waals surface area (Å²) in [5, 5.41) is 16.2. The number of aryl methyl sites for hydroxylation is 2. The second kappa shape index (κ2) is 8.36. The molecule has 0 bridgehead atoms. The Labute approximate surface area is 188 Å². The topological polar surface area (TPSA) is 115 Å². The minimum absolute atomic E-state index is 0.179. The number of nitrogens with zero attached hydrogens (tertiary/aromatic N) is 4. The van der Waals surface area contributed by atoms with Crippen LogP contribution < -0.4 is 5.56 Å². The van der Waals surface area contributed by atoms with Crippen LogP contribution in [0.15, 0.2) is 65.7 Å². The third kappa shape index (κ3) is 3.68. The SMILES string of the molecule is COC(=O)c1cn(-c2ccc3c(c2)nc(CO)n3CCc2ccccc2)cc2c(=O)[nH]nc1-2. The quantitative estimate of drug-likeness (QED) is 0.390. The Morgan fingerprint density at radius 1 is 1.15 bits per heavy atom. The molecule has 0 atom stereocenters. The number of H-pyrrole nitrogens is 1.